The number of fused-ring (bicyclic) bond motifs is 1. The van der Waals surface area contributed by atoms with Gasteiger partial charge in [0.05, 0.1) is 17.3 Å². The largest absolute Gasteiger partial charge is 0.324 e. The van der Waals surface area contributed by atoms with Gasteiger partial charge in [0.1, 0.15) is 0 Å². The molecule has 5 heteroatoms. The third-order valence-corrected chi connectivity index (χ3v) is 4.65. The fourth-order valence-corrected chi connectivity index (χ4v) is 3.22. The molecule has 2 aromatic carbocycles. The van der Waals surface area contributed by atoms with Gasteiger partial charge in [0.25, 0.3) is 5.91 Å². The molecule has 1 aliphatic rings. The average molecular weight is 350 g/mol. The number of para-hydroxylation sites is 2. The van der Waals surface area contributed by atoms with Gasteiger partial charge in [0.2, 0.25) is 5.91 Å². The van der Waals surface area contributed by atoms with Crippen molar-refractivity contribution in [2.75, 3.05) is 16.8 Å². The van der Waals surface area contributed by atoms with Crippen LogP contribution in [0, 0.1) is 5.92 Å². The molecule has 0 spiro atoms. The van der Waals surface area contributed by atoms with Crippen molar-refractivity contribution in [1.82, 2.24) is 0 Å². The molecule has 1 unspecified atom stereocenters. The fraction of sp³-hybridized carbons (Fsp3) is 0.286. The minimum atomic E-state index is -0.257. The van der Waals surface area contributed by atoms with Crippen LogP contribution in [-0.4, -0.2) is 24.1 Å². The van der Waals surface area contributed by atoms with Crippen molar-refractivity contribution in [3.8, 4) is 0 Å². The molecule has 1 aliphatic heterocycles. The lowest BCUT2D eigenvalue weighted by Gasteiger charge is -2.24. The summed E-state index contributed by atoms with van der Waals surface area (Å²) in [7, 11) is 0. The van der Waals surface area contributed by atoms with E-state index in [1.165, 1.54) is 6.92 Å². The highest BCUT2D eigenvalue weighted by Gasteiger charge is 2.31. The quantitative estimate of drug-likeness (QED) is 0.850. The molecule has 0 saturated carbocycles. The predicted molar refractivity (Wildman–Crippen MR) is 102 cm³/mol. The number of benzene rings is 2. The highest BCUT2D eigenvalue weighted by molar-refractivity contribution is 6.11. The first-order chi connectivity index (χ1) is 12.5. The number of hydrogen-bond acceptors (Lipinski definition) is 3. The average Bonchev–Trinajstić information content (AvgIpc) is 2.78. The molecular formula is C21H22N2O3. The molecule has 0 fully saturated rings. The van der Waals surface area contributed by atoms with E-state index in [1.54, 1.807) is 35.2 Å². The number of hydrogen-bond donors (Lipinski definition) is 1. The van der Waals surface area contributed by atoms with E-state index in [0.717, 1.165) is 6.42 Å². The third kappa shape index (κ3) is 3.52. The lowest BCUT2D eigenvalue weighted by atomic mass is 10.0. The second kappa shape index (κ2) is 7.52. The maximum Gasteiger partial charge on any atom is 0.258 e. The maximum absolute atomic E-state index is 13.2. The maximum atomic E-state index is 13.2. The van der Waals surface area contributed by atoms with E-state index in [4.69, 9.17) is 0 Å². The Kier molecular flexibility index (Phi) is 5.16. The van der Waals surface area contributed by atoms with Gasteiger partial charge in [-0.2, -0.15) is 0 Å². The van der Waals surface area contributed by atoms with Crippen LogP contribution in [0.25, 0.3) is 0 Å². The van der Waals surface area contributed by atoms with E-state index < -0.39 is 0 Å². The molecule has 1 heterocycles. The second-order valence-corrected chi connectivity index (χ2v) is 6.54. The van der Waals surface area contributed by atoms with E-state index >= 15 is 0 Å². The minimum Gasteiger partial charge on any atom is -0.324 e. The van der Waals surface area contributed by atoms with Crippen LogP contribution < -0.4 is 10.2 Å². The number of amides is 2. The second-order valence-electron chi connectivity index (χ2n) is 6.54. The Balaban J connectivity index is 1.98. The summed E-state index contributed by atoms with van der Waals surface area (Å²) in [5, 5.41) is 2.94. The van der Waals surface area contributed by atoms with E-state index in [1.807, 2.05) is 25.1 Å². The first kappa shape index (κ1) is 17.9. The van der Waals surface area contributed by atoms with Gasteiger partial charge in [-0.3, -0.25) is 14.4 Å². The first-order valence-corrected chi connectivity index (χ1v) is 8.84. The molecule has 2 amide bonds. The lowest BCUT2D eigenvalue weighted by molar-refractivity contribution is -0.119. The summed E-state index contributed by atoms with van der Waals surface area (Å²) >= 11 is 0. The number of nitrogens with zero attached hydrogens (tertiary/aromatic N) is 1. The van der Waals surface area contributed by atoms with Gasteiger partial charge in [-0.05, 0) is 37.6 Å². The summed E-state index contributed by atoms with van der Waals surface area (Å²) in [6.45, 7) is 3.86. The molecule has 0 radical (unpaired) electrons. The molecule has 5 nitrogen and oxygen atoms in total. The third-order valence-electron chi connectivity index (χ3n) is 4.65. The summed E-state index contributed by atoms with van der Waals surface area (Å²) in [6.07, 6.45) is 1.58. The van der Waals surface area contributed by atoms with Crippen molar-refractivity contribution in [3.05, 3.63) is 59.7 Å². The molecule has 0 bridgehead atoms. The Morgan fingerprint density at radius 3 is 2.38 bits per heavy atom. The predicted octanol–water partition coefficient (Wildman–Crippen LogP) is 3.90. The molecule has 0 aromatic heterocycles. The molecule has 2 aromatic rings. The summed E-state index contributed by atoms with van der Waals surface area (Å²) in [5.74, 6) is -0.526. The SMILES string of the molecule is CCCC1CN(C(=O)c2ccc(C(C)=O)cc2)c2ccccc2NC1=O. The van der Waals surface area contributed by atoms with Crippen molar-refractivity contribution >= 4 is 29.0 Å². The van der Waals surface area contributed by atoms with Gasteiger partial charge in [-0.1, -0.05) is 37.6 Å². The highest BCUT2D eigenvalue weighted by Crippen LogP contribution is 2.32. The lowest BCUT2D eigenvalue weighted by Crippen LogP contribution is -2.37. The van der Waals surface area contributed by atoms with Crippen LogP contribution in [-0.2, 0) is 4.79 Å². The van der Waals surface area contributed by atoms with Gasteiger partial charge in [0, 0.05) is 17.7 Å². The minimum absolute atomic E-state index is 0.0399. The summed E-state index contributed by atoms with van der Waals surface area (Å²) < 4.78 is 0. The van der Waals surface area contributed by atoms with Gasteiger partial charge in [-0.25, -0.2) is 0 Å². The van der Waals surface area contributed by atoms with Crippen LogP contribution >= 0.6 is 0 Å². The van der Waals surface area contributed by atoms with Gasteiger partial charge >= 0.3 is 0 Å². The number of carbonyl (C=O) groups is 3. The van der Waals surface area contributed by atoms with Crippen LogP contribution in [0.3, 0.4) is 0 Å². The smallest absolute Gasteiger partial charge is 0.258 e. The molecule has 0 saturated heterocycles. The molecular weight excluding hydrogens is 328 g/mol. The van der Waals surface area contributed by atoms with Gasteiger partial charge in [-0.15, -0.1) is 0 Å². The molecule has 26 heavy (non-hydrogen) atoms. The van der Waals surface area contributed by atoms with Crippen molar-refractivity contribution in [2.45, 2.75) is 26.7 Å². The topological polar surface area (TPSA) is 66.5 Å². The Morgan fingerprint density at radius 2 is 1.73 bits per heavy atom. The Hall–Kier alpha value is -2.95. The van der Waals surface area contributed by atoms with Crippen molar-refractivity contribution < 1.29 is 14.4 Å². The van der Waals surface area contributed by atoms with Gasteiger partial charge < -0.3 is 10.2 Å². The van der Waals surface area contributed by atoms with Crippen LogP contribution in [0.2, 0.25) is 0 Å². The van der Waals surface area contributed by atoms with Crippen LogP contribution in [0.15, 0.2) is 48.5 Å². The van der Waals surface area contributed by atoms with Crippen molar-refractivity contribution in [3.63, 3.8) is 0 Å². The van der Waals surface area contributed by atoms with Crippen molar-refractivity contribution in [1.29, 1.82) is 0 Å². The van der Waals surface area contributed by atoms with Crippen LogP contribution in [0.4, 0.5) is 11.4 Å². The first-order valence-electron chi connectivity index (χ1n) is 8.84. The number of anilines is 2. The highest BCUT2D eigenvalue weighted by atomic mass is 16.2. The number of Topliss-reactive ketones (excluding diaryl/α,β-unsaturated/α-hetero) is 1. The molecule has 1 atom stereocenters. The van der Waals surface area contributed by atoms with E-state index in [0.29, 0.717) is 35.5 Å². The van der Waals surface area contributed by atoms with Crippen LogP contribution in [0.5, 0.6) is 0 Å². The molecule has 3 rings (SSSR count). The summed E-state index contributed by atoms with van der Waals surface area (Å²) in [6, 6.07) is 14.0. The Bertz CT molecular complexity index is 843. The summed E-state index contributed by atoms with van der Waals surface area (Å²) in [5.41, 5.74) is 2.40. The van der Waals surface area contributed by atoms with Crippen molar-refractivity contribution in [2.24, 2.45) is 5.92 Å². The number of carbonyl (C=O) groups excluding carboxylic acids is 3. The van der Waals surface area contributed by atoms with E-state index in [9.17, 15) is 14.4 Å². The molecule has 134 valence electrons. The molecule has 0 aliphatic carbocycles. The Morgan fingerprint density at radius 1 is 1.08 bits per heavy atom. The monoisotopic (exact) mass is 350 g/mol. The fourth-order valence-electron chi connectivity index (χ4n) is 3.22. The number of ketones is 1. The Labute approximate surface area is 153 Å². The standard InChI is InChI=1S/C21H22N2O3/c1-3-6-17-13-23(19-8-5-4-7-18(19)22-20(17)25)21(26)16-11-9-15(10-12-16)14(2)24/h4-5,7-12,17H,3,6,13H2,1-2H3,(H,22,25). The molecule has 1 N–H and O–H groups in total. The number of nitrogens with one attached hydrogen (secondary N) is 1. The zero-order valence-corrected chi connectivity index (χ0v) is 15.0. The summed E-state index contributed by atoms with van der Waals surface area (Å²) in [4.78, 5) is 38.8. The van der Waals surface area contributed by atoms with E-state index in [-0.39, 0.29) is 23.5 Å². The van der Waals surface area contributed by atoms with Gasteiger partial charge in [0.15, 0.2) is 5.78 Å². The zero-order valence-electron chi connectivity index (χ0n) is 15.0. The van der Waals surface area contributed by atoms with Crippen LogP contribution in [0.1, 0.15) is 47.4 Å². The van der Waals surface area contributed by atoms with E-state index in [2.05, 4.69) is 5.32 Å². The normalized spacial score (nSPS) is 16.5. The number of rotatable bonds is 4. The zero-order chi connectivity index (χ0) is 18.7.